The van der Waals surface area contributed by atoms with Crippen molar-refractivity contribution in [3.05, 3.63) is 28.8 Å². The topological polar surface area (TPSA) is 60.4 Å². The average molecular weight is 291 g/mol. The van der Waals surface area contributed by atoms with Crippen LogP contribution in [0.25, 0.3) is 0 Å². The number of ketones is 1. The van der Waals surface area contributed by atoms with Crippen molar-refractivity contribution in [2.75, 3.05) is 18.6 Å². The van der Waals surface area contributed by atoms with Crippen LogP contribution < -0.4 is 4.74 Å². The van der Waals surface area contributed by atoms with Gasteiger partial charge >= 0.3 is 0 Å². The number of Topliss-reactive ketones (excluding diaryl/α,β-unsaturated/α-hetero) is 1. The molecular weight excluding hydrogens is 276 g/mol. The van der Waals surface area contributed by atoms with E-state index in [1.54, 1.807) is 12.1 Å². The van der Waals surface area contributed by atoms with Crippen LogP contribution in [-0.4, -0.2) is 32.8 Å². The number of carbonyl (C=O) groups is 1. The lowest BCUT2D eigenvalue weighted by molar-refractivity contribution is 0.101. The highest BCUT2D eigenvalue weighted by molar-refractivity contribution is 7.90. The predicted octanol–water partition coefficient (Wildman–Crippen LogP) is 2.36. The Morgan fingerprint density at radius 2 is 2.06 bits per heavy atom. The molecule has 0 saturated carbocycles. The molecule has 0 fully saturated rings. The van der Waals surface area contributed by atoms with E-state index in [0.29, 0.717) is 22.8 Å². The van der Waals surface area contributed by atoms with E-state index >= 15 is 0 Å². The fraction of sp³-hybridized carbons (Fsp3) is 0.417. The summed E-state index contributed by atoms with van der Waals surface area (Å²) >= 11 is 5.79. The van der Waals surface area contributed by atoms with Crippen LogP contribution in [0.4, 0.5) is 0 Å². The Balaban J connectivity index is 2.65. The van der Waals surface area contributed by atoms with E-state index in [-0.39, 0.29) is 18.1 Å². The smallest absolute Gasteiger partial charge is 0.163 e. The molecule has 0 amide bonds. The largest absolute Gasteiger partial charge is 0.493 e. The molecule has 0 bridgehead atoms. The summed E-state index contributed by atoms with van der Waals surface area (Å²) in [4.78, 5) is 11.4. The van der Waals surface area contributed by atoms with Crippen LogP contribution in [-0.2, 0) is 9.84 Å². The zero-order valence-corrected chi connectivity index (χ0v) is 11.8. The Labute approximate surface area is 112 Å². The van der Waals surface area contributed by atoms with Gasteiger partial charge in [0.2, 0.25) is 0 Å². The van der Waals surface area contributed by atoms with Gasteiger partial charge in [0.05, 0.1) is 17.9 Å². The molecule has 1 aromatic rings. The molecule has 0 atom stereocenters. The molecule has 0 unspecified atom stereocenters. The maximum Gasteiger partial charge on any atom is 0.163 e. The van der Waals surface area contributed by atoms with Gasteiger partial charge in [0, 0.05) is 11.3 Å². The van der Waals surface area contributed by atoms with Crippen molar-refractivity contribution >= 4 is 27.2 Å². The van der Waals surface area contributed by atoms with Crippen molar-refractivity contribution in [3.8, 4) is 5.75 Å². The van der Waals surface area contributed by atoms with Crippen molar-refractivity contribution in [1.82, 2.24) is 0 Å². The van der Waals surface area contributed by atoms with Gasteiger partial charge in [-0.25, -0.2) is 8.42 Å². The molecule has 1 rings (SSSR count). The monoisotopic (exact) mass is 290 g/mol. The van der Waals surface area contributed by atoms with Crippen LogP contribution in [0.2, 0.25) is 5.02 Å². The van der Waals surface area contributed by atoms with Crippen LogP contribution in [0.5, 0.6) is 5.75 Å². The van der Waals surface area contributed by atoms with Crippen LogP contribution in [0.15, 0.2) is 18.2 Å². The lowest BCUT2D eigenvalue weighted by atomic mass is 10.1. The first-order chi connectivity index (χ1) is 8.29. The second-order valence-electron chi connectivity index (χ2n) is 4.03. The first kappa shape index (κ1) is 15.0. The van der Waals surface area contributed by atoms with E-state index < -0.39 is 9.84 Å². The van der Waals surface area contributed by atoms with Crippen molar-refractivity contribution in [1.29, 1.82) is 0 Å². The second-order valence-corrected chi connectivity index (χ2v) is 6.72. The summed E-state index contributed by atoms with van der Waals surface area (Å²) < 4.78 is 27.3. The summed E-state index contributed by atoms with van der Waals surface area (Å²) in [7, 11) is -2.98. The third kappa shape index (κ3) is 5.06. The Hall–Kier alpha value is -1.07. The molecule has 0 radical (unpaired) electrons. The molecular formula is C12H15ClO4S. The van der Waals surface area contributed by atoms with Gasteiger partial charge in [0.15, 0.2) is 5.78 Å². The lowest BCUT2D eigenvalue weighted by Crippen LogP contribution is -2.09. The molecule has 100 valence electrons. The Bertz CT molecular complexity index is 537. The van der Waals surface area contributed by atoms with Gasteiger partial charge in [-0.15, -0.1) is 0 Å². The van der Waals surface area contributed by atoms with Crippen LogP contribution >= 0.6 is 11.6 Å². The molecule has 6 heteroatoms. The zero-order valence-electron chi connectivity index (χ0n) is 10.3. The molecule has 18 heavy (non-hydrogen) atoms. The number of ether oxygens (including phenoxy) is 1. The van der Waals surface area contributed by atoms with E-state index in [9.17, 15) is 13.2 Å². The molecule has 0 aliphatic heterocycles. The van der Waals surface area contributed by atoms with Gasteiger partial charge in [0.25, 0.3) is 0 Å². The SMILES string of the molecule is CC(=O)c1cc(Cl)ccc1OCCCS(C)(=O)=O. The summed E-state index contributed by atoms with van der Waals surface area (Å²) in [6.07, 6.45) is 1.56. The summed E-state index contributed by atoms with van der Waals surface area (Å²) in [6, 6.07) is 4.77. The van der Waals surface area contributed by atoms with E-state index in [2.05, 4.69) is 0 Å². The average Bonchev–Trinajstić information content (AvgIpc) is 2.24. The minimum Gasteiger partial charge on any atom is -0.493 e. The maximum atomic E-state index is 11.4. The van der Waals surface area contributed by atoms with Gasteiger partial charge in [-0.05, 0) is 31.5 Å². The van der Waals surface area contributed by atoms with Gasteiger partial charge in [-0.2, -0.15) is 0 Å². The van der Waals surface area contributed by atoms with Crippen LogP contribution in [0, 0.1) is 0 Å². The van der Waals surface area contributed by atoms with E-state index in [1.807, 2.05) is 0 Å². The molecule has 0 aliphatic carbocycles. The summed E-state index contributed by atoms with van der Waals surface area (Å²) in [6.45, 7) is 1.67. The van der Waals surface area contributed by atoms with Crippen molar-refractivity contribution in [2.45, 2.75) is 13.3 Å². The van der Waals surface area contributed by atoms with E-state index in [0.717, 1.165) is 0 Å². The molecule has 0 aliphatic rings. The quantitative estimate of drug-likeness (QED) is 0.596. The van der Waals surface area contributed by atoms with Crippen LogP contribution in [0.3, 0.4) is 0 Å². The summed E-state index contributed by atoms with van der Waals surface area (Å²) in [5.74, 6) is 0.353. The Morgan fingerprint density at radius 3 is 2.61 bits per heavy atom. The normalized spacial score (nSPS) is 11.3. The number of benzene rings is 1. The van der Waals surface area contributed by atoms with Crippen molar-refractivity contribution < 1.29 is 17.9 Å². The Morgan fingerprint density at radius 1 is 1.39 bits per heavy atom. The third-order valence-corrected chi connectivity index (χ3v) is 3.50. The lowest BCUT2D eigenvalue weighted by Gasteiger charge is -2.09. The first-order valence-corrected chi connectivity index (χ1v) is 7.84. The number of sulfone groups is 1. The molecule has 1 aromatic carbocycles. The highest BCUT2D eigenvalue weighted by atomic mass is 35.5. The molecule has 4 nitrogen and oxygen atoms in total. The highest BCUT2D eigenvalue weighted by Crippen LogP contribution is 2.23. The molecule has 0 spiro atoms. The molecule has 0 saturated heterocycles. The van der Waals surface area contributed by atoms with Crippen LogP contribution in [0.1, 0.15) is 23.7 Å². The second kappa shape index (κ2) is 6.20. The number of hydrogen-bond donors (Lipinski definition) is 0. The van der Waals surface area contributed by atoms with Gasteiger partial charge in [0.1, 0.15) is 15.6 Å². The first-order valence-electron chi connectivity index (χ1n) is 5.40. The zero-order chi connectivity index (χ0) is 13.8. The molecule has 0 heterocycles. The predicted molar refractivity (Wildman–Crippen MR) is 71.3 cm³/mol. The number of halogens is 1. The fourth-order valence-corrected chi connectivity index (χ4v) is 2.22. The fourth-order valence-electron chi connectivity index (χ4n) is 1.41. The summed E-state index contributed by atoms with van der Waals surface area (Å²) in [5, 5.41) is 0.462. The highest BCUT2D eigenvalue weighted by Gasteiger charge is 2.09. The molecule has 0 aromatic heterocycles. The summed E-state index contributed by atoms with van der Waals surface area (Å²) in [5.41, 5.74) is 0.404. The minimum absolute atomic E-state index is 0.0655. The van der Waals surface area contributed by atoms with Crippen molar-refractivity contribution in [3.63, 3.8) is 0 Å². The van der Waals surface area contributed by atoms with E-state index in [1.165, 1.54) is 19.2 Å². The standard InChI is InChI=1S/C12H15ClO4S/c1-9(14)11-8-10(13)4-5-12(11)17-6-3-7-18(2,15)16/h4-5,8H,3,6-7H2,1-2H3. The van der Waals surface area contributed by atoms with Gasteiger partial charge in [-0.3, -0.25) is 4.79 Å². The van der Waals surface area contributed by atoms with E-state index in [4.69, 9.17) is 16.3 Å². The van der Waals surface area contributed by atoms with Crippen molar-refractivity contribution in [2.24, 2.45) is 0 Å². The van der Waals surface area contributed by atoms with Gasteiger partial charge in [-0.1, -0.05) is 11.6 Å². The minimum atomic E-state index is -2.98. The number of carbonyl (C=O) groups excluding carboxylic acids is 1. The number of rotatable bonds is 6. The Kier molecular flexibility index (Phi) is 5.16. The number of hydrogen-bond acceptors (Lipinski definition) is 4. The third-order valence-electron chi connectivity index (χ3n) is 2.24. The maximum absolute atomic E-state index is 11.4. The molecule has 0 N–H and O–H groups in total. The van der Waals surface area contributed by atoms with Gasteiger partial charge < -0.3 is 4.74 Å².